The predicted molar refractivity (Wildman–Crippen MR) is 177 cm³/mol. The van der Waals surface area contributed by atoms with Crippen molar-refractivity contribution in [1.29, 1.82) is 0 Å². The second kappa shape index (κ2) is 11.3. The van der Waals surface area contributed by atoms with E-state index in [0.29, 0.717) is 50.8 Å². The number of halogens is 5. The predicted octanol–water partition coefficient (Wildman–Crippen LogP) is 6.72. The number of nitrogens with zero attached hydrogens (tertiary/aromatic N) is 5. The van der Waals surface area contributed by atoms with Gasteiger partial charge in [0.2, 0.25) is 0 Å². The molecule has 1 saturated carbocycles. The number of benzene rings is 1. The normalized spacial score (nSPS) is 25.6. The zero-order chi connectivity index (χ0) is 34.5. The number of pyridine rings is 1. The van der Waals surface area contributed by atoms with Gasteiger partial charge in [-0.15, -0.1) is 0 Å². The molecule has 5 fully saturated rings. The number of fused-ring (bicyclic) bond motifs is 4. The number of ether oxygens (including phenoxy) is 1. The first kappa shape index (κ1) is 32.4. The van der Waals surface area contributed by atoms with E-state index in [2.05, 4.69) is 38.2 Å². The Morgan fingerprint density at radius 1 is 1.06 bits per heavy atom. The summed E-state index contributed by atoms with van der Waals surface area (Å²) in [7, 11) is 0. The molecule has 3 N–H and O–H groups in total. The van der Waals surface area contributed by atoms with Crippen molar-refractivity contribution in [2.75, 3.05) is 43.4 Å². The van der Waals surface area contributed by atoms with Gasteiger partial charge in [0.05, 0.1) is 27.7 Å². The molecular weight excluding hydrogens is 641 g/mol. The number of anilines is 2. The summed E-state index contributed by atoms with van der Waals surface area (Å²) in [6.07, 6.45) is 4.29. The molecule has 260 valence electrons. The van der Waals surface area contributed by atoms with Crippen LogP contribution in [-0.4, -0.2) is 69.8 Å². The van der Waals surface area contributed by atoms with Gasteiger partial charge in [-0.05, 0) is 63.0 Å². The van der Waals surface area contributed by atoms with E-state index in [1.54, 1.807) is 0 Å². The third-order valence-corrected chi connectivity index (χ3v) is 11.6. The largest absolute Gasteiger partial charge is 0.461 e. The Labute approximate surface area is 281 Å². The minimum atomic E-state index is -5.00. The third-order valence-electron chi connectivity index (χ3n) is 11.6. The van der Waals surface area contributed by atoms with Crippen molar-refractivity contribution in [3.63, 3.8) is 0 Å². The van der Waals surface area contributed by atoms with E-state index in [-0.39, 0.29) is 46.2 Å². The van der Waals surface area contributed by atoms with Crippen LogP contribution >= 0.6 is 0 Å². The first-order valence-corrected chi connectivity index (χ1v) is 17.0. The summed E-state index contributed by atoms with van der Waals surface area (Å²) in [4.78, 5) is 17.8. The number of nitrogens with one attached hydrogen (secondary N) is 1. The Bertz CT molecular complexity index is 1870. The lowest BCUT2D eigenvalue weighted by Crippen LogP contribution is -2.62. The molecule has 2 atom stereocenters. The van der Waals surface area contributed by atoms with Crippen LogP contribution in [0, 0.1) is 24.5 Å². The molecule has 0 radical (unpaired) electrons. The monoisotopic (exact) mass is 681 g/mol. The quantitative estimate of drug-likeness (QED) is 0.168. The summed E-state index contributed by atoms with van der Waals surface area (Å²) in [5.74, 6) is -1.70. The summed E-state index contributed by atoms with van der Waals surface area (Å²) in [5.41, 5.74) is 3.02. The summed E-state index contributed by atoms with van der Waals surface area (Å²) in [6, 6.07) is 0.981. The number of hydrogen-bond acceptors (Lipinski definition) is 8. The van der Waals surface area contributed by atoms with Crippen LogP contribution in [0.15, 0.2) is 36.6 Å². The minimum absolute atomic E-state index is 0.107. The van der Waals surface area contributed by atoms with Gasteiger partial charge in [-0.3, -0.25) is 9.88 Å². The maximum atomic E-state index is 16.8. The van der Waals surface area contributed by atoms with Gasteiger partial charge in [0.15, 0.2) is 11.6 Å². The Morgan fingerprint density at radius 3 is 2.47 bits per heavy atom. The molecule has 0 amide bonds. The zero-order valence-corrected chi connectivity index (χ0v) is 27.5. The standard InChI is InChI=1S/C36H40F5N7O/c1-19-11-34(12-20(2)15-48(34)14-19)18-49-33-44-30-24(32(45-33)47-16-23-8-9-35(17-47,46-23)22-6-4-5-7-22)13-43-31(29(30)38)26-27(36(39,40)41)21(3)10-25(42)28(26)37/h10,13,22-23,46H,1-2,4-9,11-12,14-18,42H2,3H3/t23-,35+/m0/s1. The molecule has 2 aromatic heterocycles. The maximum absolute atomic E-state index is 16.8. The minimum Gasteiger partial charge on any atom is -0.461 e. The number of nitrogens with two attached hydrogens (primary N) is 1. The van der Waals surface area contributed by atoms with Crippen LogP contribution in [0.2, 0.25) is 0 Å². The van der Waals surface area contributed by atoms with Crippen LogP contribution in [0.5, 0.6) is 6.01 Å². The fourth-order valence-electron chi connectivity index (χ4n) is 9.57. The second-order valence-corrected chi connectivity index (χ2v) is 15.0. The first-order chi connectivity index (χ1) is 23.3. The fourth-order valence-corrected chi connectivity index (χ4v) is 9.57. The molecule has 49 heavy (non-hydrogen) atoms. The number of nitrogen functional groups attached to an aromatic ring is 1. The molecule has 2 bridgehead atoms. The van der Waals surface area contributed by atoms with Crippen molar-refractivity contribution < 1.29 is 26.7 Å². The van der Waals surface area contributed by atoms with Gasteiger partial charge >= 0.3 is 12.2 Å². The van der Waals surface area contributed by atoms with Gasteiger partial charge in [0.25, 0.3) is 0 Å². The van der Waals surface area contributed by atoms with E-state index >= 15 is 8.78 Å². The lowest BCUT2D eigenvalue weighted by Gasteiger charge is -2.45. The Kier molecular flexibility index (Phi) is 7.49. The molecule has 4 saturated heterocycles. The lowest BCUT2D eigenvalue weighted by atomic mass is 9.80. The van der Waals surface area contributed by atoms with Crippen LogP contribution in [-0.2, 0) is 6.18 Å². The molecular formula is C36H40F5N7O. The molecule has 6 heterocycles. The average molecular weight is 682 g/mol. The average Bonchev–Trinajstić information content (AvgIpc) is 3.81. The Balaban J connectivity index is 1.27. The molecule has 0 unspecified atom stereocenters. The van der Waals surface area contributed by atoms with Crippen molar-refractivity contribution in [2.45, 2.75) is 81.6 Å². The highest BCUT2D eigenvalue weighted by Crippen LogP contribution is 2.47. The van der Waals surface area contributed by atoms with Gasteiger partial charge in [0, 0.05) is 44.0 Å². The molecule has 3 aromatic rings. The lowest BCUT2D eigenvalue weighted by molar-refractivity contribution is -0.137. The van der Waals surface area contributed by atoms with Crippen LogP contribution < -0.4 is 20.7 Å². The number of piperazine rings is 1. The molecule has 8 nitrogen and oxygen atoms in total. The molecule has 1 aliphatic carbocycles. The highest BCUT2D eigenvalue weighted by molar-refractivity contribution is 5.92. The molecule has 4 aliphatic heterocycles. The van der Waals surface area contributed by atoms with Crippen LogP contribution in [0.25, 0.3) is 22.2 Å². The first-order valence-electron chi connectivity index (χ1n) is 17.0. The number of hydrogen-bond donors (Lipinski definition) is 2. The van der Waals surface area contributed by atoms with Gasteiger partial charge in [-0.1, -0.05) is 37.1 Å². The fraction of sp³-hybridized carbons (Fsp3) is 0.528. The van der Waals surface area contributed by atoms with Crippen molar-refractivity contribution in [2.24, 2.45) is 5.92 Å². The van der Waals surface area contributed by atoms with E-state index in [4.69, 9.17) is 15.5 Å². The highest BCUT2D eigenvalue weighted by Gasteiger charge is 2.51. The van der Waals surface area contributed by atoms with Crippen molar-refractivity contribution in [3.05, 3.63) is 59.3 Å². The number of aromatic nitrogens is 3. The van der Waals surface area contributed by atoms with E-state index in [9.17, 15) is 13.2 Å². The molecule has 13 heteroatoms. The van der Waals surface area contributed by atoms with E-state index < -0.39 is 40.3 Å². The molecule has 0 spiro atoms. The Hall–Kier alpha value is -3.84. The van der Waals surface area contributed by atoms with Gasteiger partial charge in [0.1, 0.15) is 23.6 Å². The van der Waals surface area contributed by atoms with Gasteiger partial charge < -0.3 is 20.7 Å². The summed E-state index contributed by atoms with van der Waals surface area (Å²) in [6.45, 7) is 12.4. The topological polar surface area (TPSA) is 92.4 Å². The number of aryl methyl sites for hydroxylation is 1. The van der Waals surface area contributed by atoms with Crippen molar-refractivity contribution >= 4 is 22.4 Å². The summed E-state index contributed by atoms with van der Waals surface area (Å²) < 4.78 is 81.7. The number of alkyl halides is 3. The Morgan fingerprint density at radius 2 is 1.78 bits per heavy atom. The SMILES string of the molecule is C=C1CN2CC(=C)CC2(COc2nc(N3C[C@@H]4CC[C@](C5CCCC5)(C3)N4)c3cnc(-c4c(F)c(N)cc(C)c4C(F)(F)F)c(F)c3n2)C1. The molecule has 5 aliphatic rings. The van der Waals surface area contributed by atoms with E-state index in [1.807, 2.05) is 0 Å². The molecule has 1 aromatic carbocycles. The van der Waals surface area contributed by atoms with Crippen LogP contribution in [0.3, 0.4) is 0 Å². The highest BCUT2D eigenvalue weighted by atomic mass is 19.4. The van der Waals surface area contributed by atoms with Gasteiger partial charge in [-0.2, -0.15) is 23.1 Å². The third kappa shape index (κ3) is 5.26. The smallest absolute Gasteiger partial charge is 0.417 e. The van der Waals surface area contributed by atoms with Crippen LogP contribution in [0.1, 0.15) is 62.5 Å². The van der Waals surface area contributed by atoms with Crippen LogP contribution in [0.4, 0.5) is 33.5 Å². The van der Waals surface area contributed by atoms with Crippen molar-refractivity contribution in [1.82, 2.24) is 25.2 Å². The molecule has 8 rings (SSSR count). The zero-order valence-electron chi connectivity index (χ0n) is 27.5. The number of rotatable bonds is 6. The maximum Gasteiger partial charge on any atom is 0.417 e. The van der Waals surface area contributed by atoms with E-state index in [0.717, 1.165) is 49.8 Å². The van der Waals surface area contributed by atoms with Gasteiger partial charge in [-0.25, -0.2) is 8.78 Å². The second-order valence-electron chi connectivity index (χ2n) is 15.0. The summed E-state index contributed by atoms with van der Waals surface area (Å²) >= 11 is 0. The van der Waals surface area contributed by atoms with E-state index in [1.165, 1.54) is 19.0 Å². The van der Waals surface area contributed by atoms with Crippen molar-refractivity contribution in [3.8, 4) is 17.3 Å². The summed E-state index contributed by atoms with van der Waals surface area (Å²) in [5, 5.41) is 4.11.